The zero-order valence-corrected chi connectivity index (χ0v) is 12.4. The van der Waals surface area contributed by atoms with Crippen molar-refractivity contribution in [1.82, 2.24) is 5.32 Å². The number of rotatable bonds is 10. The van der Waals surface area contributed by atoms with Crippen molar-refractivity contribution in [1.29, 1.82) is 0 Å². The standard InChI is InChI=1S/C14H22ClNO4/c1-11-8-13(2-3-14(11)15)20-10-12(18)9-16-4-6-19-7-5-17/h2-3,8,12,16-18H,4-7,9-10H2,1H3. The van der Waals surface area contributed by atoms with Crippen molar-refractivity contribution in [2.75, 3.05) is 39.5 Å². The molecule has 114 valence electrons. The van der Waals surface area contributed by atoms with Crippen molar-refractivity contribution in [3.63, 3.8) is 0 Å². The molecule has 0 spiro atoms. The lowest BCUT2D eigenvalue weighted by atomic mass is 10.2. The van der Waals surface area contributed by atoms with E-state index in [9.17, 15) is 5.11 Å². The molecule has 0 fully saturated rings. The average Bonchev–Trinajstić information content (AvgIpc) is 2.44. The van der Waals surface area contributed by atoms with Gasteiger partial charge in [0.25, 0.3) is 0 Å². The van der Waals surface area contributed by atoms with Crippen molar-refractivity contribution in [2.24, 2.45) is 0 Å². The van der Waals surface area contributed by atoms with E-state index in [2.05, 4.69) is 5.32 Å². The SMILES string of the molecule is Cc1cc(OCC(O)CNCCOCCO)ccc1Cl. The highest BCUT2D eigenvalue weighted by molar-refractivity contribution is 6.31. The number of aliphatic hydroxyl groups excluding tert-OH is 2. The maximum absolute atomic E-state index is 9.74. The number of ether oxygens (including phenoxy) is 2. The molecule has 0 amide bonds. The molecule has 1 aromatic carbocycles. The fourth-order valence-electron chi connectivity index (χ4n) is 1.54. The van der Waals surface area contributed by atoms with Crippen molar-refractivity contribution in [3.05, 3.63) is 28.8 Å². The zero-order valence-electron chi connectivity index (χ0n) is 11.6. The van der Waals surface area contributed by atoms with Crippen LogP contribution in [0.15, 0.2) is 18.2 Å². The molecule has 20 heavy (non-hydrogen) atoms. The summed E-state index contributed by atoms with van der Waals surface area (Å²) in [7, 11) is 0. The molecule has 1 rings (SSSR count). The topological polar surface area (TPSA) is 71.0 Å². The lowest BCUT2D eigenvalue weighted by Gasteiger charge is -2.14. The van der Waals surface area contributed by atoms with Crippen molar-refractivity contribution < 1.29 is 19.7 Å². The number of hydrogen-bond acceptors (Lipinski definition) is 5. The molecule has 0 heterocycles. The van der Waals surface area contributed by atoms with Crippen LogP contribution in [-0.4, -0.2) is 55.8 Å². The molecule has 0 saturated carbocycles. The van der Waals surface area contributed by atoms with Crippen molar-refractivity contribution in [3.8, 4) is 5.75 Å². The third-order valence-electron chi connectivity index (χ3n) is 2.61. The van der Waals surface area contributed by atoms with Gasteiger partial charge in [0, 0.05) is 18.1 Å². The molecular formula is C14H22ClNO4. The minimum atomic E-state index is -0.594. The molecule has 0 aliphatic heterocycles. The Morgan fingerprint density at radius 1 is 1.35 bits per heavy atom. The van der Waals surface area contributed by atoms with Gasteiger partial charge in [0.05, 0.1) is 19.8 Å². The van der Waals surface area contributed by atoms with Crippen LogP contribution >= 0.6 is 11.6 Å². The minimum Gasteiger partial charge on any atom is -0.491 e. The summed E-state index contributed by atoms with van der Waals surface area (Å²) in [6, 6.07) is 5.39. The van der Waals surface area contributed by atoms with Gasteiger partial charge in [-0.1, -0.05) is 11.6 Å². The first-order chi connectivity index (χ1) is 9.63. The second kappa shape index (κ2) is 9.96. The van der Waals surface area contributed by atoms with Crippen LogP contribution in [0.25, 0.3) is 0 Å². The summed E-state index contributed by atoms with van der Waals surface area (Å²) in [6.45, 7) is 4.03. The minimum absolute atomic E-state index is 0.0248. The molecule has 0 aliphatic rings. The third-order valence-corrected chi connectivity index (χ3v) is 3.03. The second-order valence-corrected chi connectivity index (χ2v) is 4.82. The van der Waals surface area contributed by atoms with E-state index in [4.69, 9.17) is 26.2 Å². The summed E-state index contributed by atoms with van der Waals surface area (Å²) in [5.41, 5.74) is 0.942. The lowest BCUT2D eigenvalue weighted by molar-refractivity contribution is 0.0842. The van der Waals surface area contributed by atoms with E-state index in [1.165, 1.54) is 0 Å². The van der Waals surface area contributed by atoms with Crippen LogP contribution in [0.5, 0.6) is 5.75 Å². The number of hydrogen-bond donors (Lipinski definition) is 3. The van der Waals surface area contributed by atoms with Crippen LogP contribution in [0.1, 0.15) is 5.56 Å². The monoisotopic (exact) mass is 303 g/mol. The number of aryl methyl sites for hydroxylation is 1. The molecule has 0 radical (unpaired) electrons. The molecule has 0 aliphatic carbocycles. The first kappa shape index (κ1) is 17.2. The number of nitrogens with one attached hydrogen (secondary N) is 1. The number of halogens is 1. The Morgan fingerprint density at radius 2 is 2.15 bits per heavy atom. The van der Waals surface area contributed by atoms with Crippen LogP contribution in [0.3, 0.4) is 0 Å². The van der Waals surface area contributed by atoms with E-state index >= 15 is 0 Å². The van der Waals surface area contributed by atoms with Gasteiger partial charge < -0.3 is 25.0 Å². The molecule has 6 heteroatoms. The predicted molar refractivity (Wildman–Crippen MR) is 78.5 cm³/mol. The summed E-state index contributed by atoms with van der Waals surface area (Å²) in [5.74, 6) is 0.692. The fraction of sp³-hybridized carbons (Fsp3) is 0.571. The normalized spacial score (nSPS) is 12.4. The van der Waals surface area contributed by atoms with E-state index in [1.807, 2.05) is 13.0 Å². The smallest absolute Gasteiger partial charge is 0.119 e. The van der Waals surface area contributed by atoms with Gasteiger partial charge in [-0.2, -0.15) is 0 Å². The van der Waals surface area contributed by atoms with Gasteiger partial charge in [0.15, 0.2) is 0 Å². The molecule has 0 aromatic heterocycles. The third kappa shape index (κ3) is 7.07. The van der Waals surface area contributed by atoms with E-state index in [-0.39, 0.29) is 13.2 Å². The zero-order chi connectivity index (χ0) is 14.8. The molecule has 1 unspecified atom stereocenters. The number of benzene rings is 1. The van der Waals surface area contributed by atoms with Crippen LogP contribution in [-0.2, 0) is 4.74 Å². The molecule has 0 saturated heterocycles. The maximum atomic E-state index is 9.74. The van der Waals surface area contributed by atoms with Gasteiger partial charge >= 0.3 is 0 Å². The number of aliphatic hydroxyl groups is 2. The van der Waals surface area contributed by atoms with Crippen LogP contribution < -0.4 is 10.1 Å². The van der Waals surface area contributed by atoms with Crippen LogP contribution in [0.2, 0.25) is 5.02 Å². The van der Waals surface area contributed by atoms with Gasteiger partial charge in [-0.05, 0) is 30.7 Å². The summed E-state index contributed by atoms with van der Waals surface area (Å²) in [5, 5.41) is 22.0. The van der Waals surface area contributed by atoms with Crippen molar-refractivity contribution >= 4 is 11.6 Å². The van der Waals surface area contributed by atoms with Gasteiger partial charge in [-0.15, -0.1) is 0 Å². The van der Waals surface area contributed by atoms with Crippen LogP contribution in [0, 0.1) is 6.92 Å². The Labute approximate surface area is 124 Å². The second-order valence-electron chi connectivity index (χ2n) is 4.42. The maximum Gasteiger partial charge on any atom is 0.119 e. The summed E-state index contributed by atoms with van der Waals surface area (Å²) >= 11 is 5.92. The predicted octanol–water partition coefficient (Wildman–Crippen LogP) is 0.987. The molecular weight excluding hydrogens is 282 g/mol. The van der Waals surface area contributed by atoms with Gasteiger partial charge in [0.1, 0.15) is 18.5 Å². The molecule has 0 bridgehead atoms. The van der Waals surface area contributed by atoms with Gasteiger partial charge in [0.2, 0.25) is 0 Å². The highest BCUT2D eigenvalue weighted by atomic mass is 35.5. The Bertz CT molecular complexity index is 389. The van der Waals surface area contributed by atoms with Crippen molar-refractivity contribution in [2.45, 2.75) is 13.0 Å². The summed E-state index contributed by atoms with van der Waals surface area (Å²) in [6.07, 6.45) is -0.594. The Kier molecular flexibility index (Phi) is 8.57. The highest BCUT2D eigenvalue weighted by Gasteiger charge is 2.05. The van der Waals surface area contributed by atoms with Gasteiger partial charge in [-0.3, -0.25) is 0 Å². The largest absolute Gasteiger partial charge is 0.491 e. The first-order valence-corrected chi connectivity index (χ1v) is 6.97. The summed E-state index contributed by atoms with van der Waals surface area (Å²) < 4.78 is 10.6. The highest BCUT2D eigenvalue weighted by Crippen LogP contribution is 2.20. The van der Waals surface area contributed by atoms with Gasteiger partial charge in [-0.25, -0.2) is 0 Å². The van der Waals surface area contributed by atoms with Crippen LogP contribution in [0.4, 0.5) is 0 Å². The Balaban J connectivity index is 2.13. The Morgan fingerprint density at radius 3 is 2.85 bits per heavy atom. The van der Waals surface area contributed by atoms with E-state index in [0.29, 0.717) is 37.1 Å². The fourth-order valence-corrected chi connectivity index (χ4v) is 1.66. The first-order valence-electron chi connectivity index (χ1n) is 6.60. The molecule has 5 nitrogen and oxygen atoms in total. The van der Waals surface area contributed by atoms with E-state index in [1.54, 1.807) is 12.1 Å². The summed E-state index contributed by atoms with van der Waals surface area (Å²) in [4.78, 5) is 0. The Hall–Kier alpha value is -0.850. The van der Waals surface area contributed by atoms with E-state index in [0.717, 1.165) is 5.56 Å². The van der Waals surface area contributed by atoms with E-state index < -0.39 is 6.10 Å². The molecule has 3 N–H and O–H groups in total. The average molecular weight is 304 g/mol. The molecule has 1 atom stereocenters. The lowest BCUT2D eigenvalue weighted by Crippen LogP contribution is -2.33. The molecule has 1 aromatic rings. The quantitative estimate of drug-likeness (QED) is 0.562.